The van der Waals surface area contributed by atoms with E-state index in [0.717, 1.165) is 36.4 Å². The predicted molar refractivity (Wildman–Crippen MR) is 102 cm³/mol. The highest BCUT2D eigenvalue weighted by atomic mass is 31.2. The predicted octanol–water partition coefficient (Wildman–Crippen LogP) is 4.52. The molecule has 0 fully saturated rings. The van der Waals surface area contributed by atoms with Crippen molar-refractivity contribution >= 4 is 25.3 Å². The van der Waals surface area contributed by atoms with Gasteiger partial charge in [-0.25, -0.2) is 4.57 Å². The molecule has 0 aliphatic heterocycles. The molecule has 0 atom stereocenters. The Hall–Kier alpha value is -4.07. The van der Waals surface area contributed by atoms with Crippen molar-refractivity contribution < 1.29 is 41.7 Å². The van der Waals surface area contributed by atoms with Crippen LogP contribution in [0, 0.1) is 30.3 Å². The zero-order chi connectivity index (χ0) is 23.3. The summed E-state index contributed by atoms with van der Waals surface area (Å²) < 4.78 is 38.4. The van der Waals surface area contributed by atoms with Crippen molar-refractivity contribution in [3.8, 4) is 5.75 Å². The van der Waals surface area contributed by atoms with Gasteiger partial charge in [0, 0.05) is 12.1 Å². The molecule has 0 saturated carbocycles. The van der Waals surface area contributed by atoms with E-state index < -0.39 is 47.6 Å². The van der Waals surface area contributed by atoms with Crippen molar-refractivity contribution in [1.29, 1.82) is 0 Å². The van der Waals surface area contributed by atoms with E-state index in [4.69, 9.17) is 22.4 Å². The zero-order valence-corrected chi connectivity index (χ0v) is 16.6. The largest absolute Gasteiger partial charge is 0.530 e. The normalized spacial score (nSPS) is 11.2. The van der Waals surface area contributed by atoms with Gasteiger partial charge in [0.25, 0.3) is 5.69 Å². The molecular formula is C16H12N3O12P. The van der Waals surface area contributed by atoms with Crippen LogP contribution in [0.2, 0.25) is 0 Å². The number of nitro groups is 3. The van der Waals surface area contributed by atoms with Gasteiger partial charge >= 0.3 is 19.6 Å². The molecule has 0 spiro atoms. The molecule has 2 aromatic heterocycles. The highest BCUT2D eigenvalue weighted by Gasteiger charge is 2.31. The van der Waals surface area contributed by atoms with Gasteiger partial charge in [-0.1, -0.05) is 0 Å². The maximum absolute atomic E-state index is 13.1. The molecule has 15 nitrogen and oxygen atoms in total. The quantitative estimate of drug-likeness (QED) is 0.216. The van der Waals surface area contributed by atoms with Gasteiger partial charge in [0.15, 0.2) is 0 Å². The van der Waals surface area contributed by atoms with Gasteiger partial charge in [-0.15, -0.1) is 0 Å². The standard InChI is InChI=1S/C16H12N3O12P/c20-17(21)11-1-3-12(4-2-11)31-32(26,27-9-13-5-7-15(29-13)18(22)23)28-10-14-6-8-16(30-14)19(24)25/h1-8H,9-10H2. The summed E-state index contributed by atoms with van der Waals surface area (Å²) in [7, 11) is -4.47. The minimum atomic E-state index is -4.47. The number of hydrogen-bond acceptors (Lipinski definition) is 12. The van der Waals surface area contributed by atoms with Gasteiger partial charge in [-0.05, 0) is 24.3 Å². The lowest BCUT2D eigenvalue weighted by atomic mass is 10.3. The van der Waals surface area contributed by atoms with Gasteiger partial charge in [0.1, 0.15) is 40.3 Å². The van der Waals surface area contributed by atoms with Crippen LogP contribution in [0.4, 0.5) is 17.5 Å². The molecule has 2 heterocycles. The minimum Gasteiger partial charge on any atom is -0.404 e. The van der Waals surface area contributed by atoms with Crippen LogP contribution in [0.1, 0.15) is 11.5 Å². The van der Waals surface area contributed by atoms with Gasteiger partial charge in [0.2, 0.25) is 0 Å². The van der Waals surface area contributed by atoms with E-state index in [1.54, 1.807) is 0 Å². The van der Waals surface area contributed by atoms with E-state index >= 15 is 0 Å². The molecule has 0 bridgehead atoms. The summed E-state index contributed by atoms with van der Waals surface area (Å²) in [5, 5.41) is 32.2. The number of phosphoric ester groups is 1. The lowest BCUT2D eigenvalue weighted by Crippen LogP contribution is -2.03. The van der Waals surface area contributed by atoms with Crippen LogP contribution >= 0.6 is 7.82 Å². The van der Waals surface area contributed by atoms with E-state index in [2.05, 4.69) is 0 Å². The number of nitro benzene ring substituents is 1. The molecule has 32 heavy (non-hydrogen) atoms. The maximum atomic E-state index is 13.1. The van der Waals surface area contributed by atoms with E-state index in [1.807, 2.05) is 0 Å². The second-order valence-corrected chi connectivity index (χ2v) is 7.42. The average Bonchev–Trinajstić information content (AvgIpc) is 3.41. The summed E-state index contributed by atoms with van der Waals surface area (Å²) in [6.07, 6.45) is 0. The first kappa shape index (κ1) is 22.6. The highest BCUT2D eigenvalue weighted by molar-refractivity contribution is 7.48. The van der Waals surface area contributed by atoms with Crippen molar-refractivity contribution in [3.63, 3.8) is 0 Å². The topological polar surface area (TPSA) is 200 Å². The number of hydrogen-bond donors (Lipinski definition) is 0. The number of non-ortho nitro benzene ring substituents is 1. The third-order valence-electron chi connectivity index (χ3n) is 3.65. The number of rotatable bonds is 11. The second kappa shape index (κ2) is 9.38. The molecule has 168 valence electrons. The Balaban J connectivity index is 1.75. The Bertz CT molecular complexity index is 1120. The lowest BCUT2D eigenvalue weighted by molar-refractivity contribution is -0.402. The summed E-state index contributed by atoms with van der Waals surface area (Å²) in [4.78, 5) is 30.0. The fourth-order valence-corrected chi connectivity index (χ4v) is 3.35. The van der Waals surface area contributed by atoms with Crippen molar-refractivity contribution in [2.45, 2.75) is 13.2 Å². The second-order valence-electron chi connectivity index (χ2n) is 5.83. The lowest BCUT2D eigenvalue weighted by Gasteiger charge is -2.17. The highest BCUT2D eigenvalue weighted by Crippen LogP contribution is 2.51. The zero-order valence-electron chi connectivity index (χ0n) is 15.7. The molecule has 0 amide bonds. The molecule has 16 heteroatoms. The van der Waals surface area contributed by atoms with Gasteiger partial charge in [-0.3, -0.25) is 39.4 Å². The summed E-state index contributed by atoms with van der Waals surface area (Å²) in [5.74, 6) is -1.39. The van der Waals surface area contributed by atoms with Crippen LogP contribution < -0.4 is 4.52 Å². The third-order valence-corrected chi connectivity index (χ3v) is 4.97. The molecular weight excluding hydrogens is 457 g/mol. The Labute approximate surface area is 177 Å². The maximum Gasteiger partial charge on any atom is 0.530 e. The molecule has 0 N–H and O–H groups in total. The van der Waals surface area contributed by atoms with E-state index in [1.165, 1.54) is 12.1 Å². The Morgan fingerprint density at radius 3 is 1.56 bits per heavy atom. The van der Waals surface area contributed by atoms with Gasteiger partial charge in [0.05, 0.1) is 17.1 Å². The molecule has 0 aliphatic rings. The number of phosphoric acid groups is 1. The van der Waals surface area contributed by atoms with E-state index in [0.29, 0.717) is 0 Å². The van der Waals surface area contributed by atoms with Crippen LogP contribution in [0.25, 0.3) is 0 Å². The molecule has 0 unspecified atom stereocenters. The first-order valence-electron chi connectivity index (χ1n) is 8.44. The van der Waals surface area contributed by atoms with Crippen molar-refractivity contribution in [1.82, 2.24) is 0 Å². The number of nitrogens with zero attached hydrogens (tertiary/aromatic N) is 3. The average molecular weight is 469 g/mol. The fraction of sp³-hybridized carbons (Fsp3) is 0.125. The smallest absolute Gasteiger partial charge is 0.404 e. The minimum absolute atomic E-state index is 0.0681. The summed E-state index contributed by atoms with van der Waals surface area (Å²) in [6.45, 7) is -1.12. The molecule has 1 aromatic carbocycles. The molecule has 0 saturated heterocycles. The van der Waals surface area contributed by atoms with Crippen LogP contribution in [-0.2, 0) is 26.8 Å². The fourth-order valence-electron chi connectivity index (χ4n) is 2.22. The van der Waals surface area contributed by atoms with Gasteiger partial charge < -0.3 is 13.4 Å². The van der Waals surface area contributed by atoms with Crippen molar-refractivity contribution in [2.75, 3.05) is 0 Å². The van der Waals surface area contributed by atoms with Crippen molar-refractivity contribution in [2.24, 2.45) is 0 Å². The Morgan fingerprint density at radius 2 is 1.19 bits per heavy atom. The van der Waals surface area contributed by atoms with Gasteiger partial charge in [-0.2, -0.15) is 0 Å². The summed E-state index contributed by atoms with van der Waals surface area (Å²) in [5.41, 5.74) is -0.250. The molecule has 0 aliphatic carbocycles. The third kappa shape index (κ3) is 5.75. The van der Waals surface area contributed by atoms with Crippen molar-refractivity contribution in [3.05, 3.63) is 90.4 Å². The first-order chi connectivity index (χ1) is 15.1. The van der Waals surface area contributed by atoms with Crippen LogP contribution in [-0.4, -0.2) is 14.8 Å². The van der Waals surface area contributed by atoms with Crippen LogP contribution in [0.15, 0.2) is 57.4 Å². The Morgan fingerprint density at radius 1 is 0.719 bits per heavy atom. The number of furan rings is 2. The molecule has 3 rings (SSSR count). The first-order valence-corrected chi connectivity index (χ1v) is 9.90. The SMILES string of the molecule is O=[N+]([O-])c1ccc(OP(=O)(OCc2ccc([N+](=O)[O-])o2)OCc2ccc([N+](=O)[O-])o2)cc1. The van der Waals surface area contributed by atoms with Crippen LogP contribution in [0.3, 0.4) is 0 Å². The van der Waals surface area contributed by atoms with E-state index in [-0.39, 0.29) is 23.0 Å². The monoisotopic (exact) mass is 469 g/mol. The summed E-state index contributed by atoms with van der Waals surface area (Å²) >= 11 is 0. The Kier molecular flexibility index (Phi) is 6.63. The van der Waals surface area contributed by atoms with Crippen LogP contribution in [0.5, 0.6) is 5.75 Å². The molecule has 0 radical (unpaired) electrons. The molecule has 3 aromatic rings. The van der Waals surface area contributed by atoms with E-state index in [9.17, 15) is 34.9 Å². The summed E-state index contributed by atoms with van der Waals surface area (Å²) in [6, 6.07) is 9.01. The number of benzene rings is 1.